The number of hydrogen-bond acceptors (Lipinski definition) is 5. The van der Waals surface area contributed by atoms with Gasteiger partial charge in [0.15, 0.2) is 0 Å². The van der Waals surface area contributed by atoms with E-state index in [2.05, 4.69) is 9.88 Å². The number of likely N-dealkylation sites (tertiary alicyclic amines) is 1. The number of piperidine rings is 1. The van der Waals surface area contributed by atoms with Crippen molar-refractivity contribution in [1.29, 1.82) is 0 Å². The van der Waals surface area contributed by atoms with Crippen LogP contribution in [0, 0.1) is 5.92 Å². The lowest BCUT2D eigenvalue weighted by atomic mass is 9.97. The Morgan fingerprint density at radius 3 is 2.53 bits per heavy atom. The zero-order valence-electron chi connectivity index (χ0n) is 18.7. The molecular formula is C23H33N3O4. The van der Waals surface area contributed by atoms with Crippen LogP contribution in [0.2, 0.25) is 0 Å². The van der Waals surface area contributed by atoms with Crippen LogP contribution in [0.25, 0.3) is 10.9 Å². The van der Waals surface area contributed by atoms with Gasteiger partial charge >= 0.3 is 12.1 Å². The number of aromatic amines is 1. The summed E-state index contributed by atoms with van der Waals surface area (Å²) >= 11 is 0. The molecule has 0 bridgehead atoms. The highest BCUT2D eigenvalue weighted by molar-refractivity contribution is 5.91. The van der Waals surface area contributed by atoms with Crippen molar-refractivity contribution in [2.75, 3.05) is 33.7 Å². The van der Waals surface area contributed by atoms with Crippen molar-refractivity contribution < 1.29 is 19.1 Å². The van der Waals surface area contributed by atoms with Crippen LogP contribution in [0.3, 0.4) is 0 Å². The van der Waals surface area contributed by atoms with E-state index in [4.69, 9.17) is 9.47 Å². The number of hydrogen-bond donors (Lipinski definition) is 1. The molecule has 0 atom stereocenters. The molecule has 1 aromatic heterocycles. The molecule has 30 heavy (non-hydrogen) atoms. The first-order chi connectivity index (χ1) is 14.1. The highest BCUT2D eigenvalue weighted by Gasteiger charge is 2.31. The van der Waals surface area contributed by atoms with Gasteiger partial charge in [0.25, 0.3) is 0 Å². The van der Waals surface area contributed by atoms with E-state index in [0.29, 0.717) is 31.7 Å². The molecule has 1 amide bonds. The van der Waals surface area contributed by atoms with Crippen LogP contribution in [-0.2, 0) is 16.0 Å². The van der Waals surface area contributed by atoms with Gasteiger partial charge in [-0.1, -0.05) is 6.07 Å². The van der Waals surface area contributed by atoms with Crippen LogP contribution in [0.5, 0.6) is 5.75 Å². The summed E-state index contributed by atoms with van der Waals surface area (Å²) in [5.74, 6) is 0.149. The fourth-order valence-corrected chi connectivity index (χ4v) is 3.66. The number of H-pyrrole nitrogens is 1. The van der Waals surface area contributed by atoms with E-state index < -0.39 is 5.60 Å². The standard InChI is InChI=1S/C23H33N3O4/c1-23(2,3)30-22(28)26-13-10-16(11-14-26)21(27)29-19-8-6-7-18-20(19)17(15-24-18)9-12-25(4)5/h6-8,15-16,24H,9-14H2,1-5H3. The summed E-state index contributed by atoms with van der Waals surface area (Å²) in [6, 6.07) is 5.73. The summed E-state index contributed by atoms with van der Waals surface area (Å²) < 4.78 is 11.3. The third-order valence-electron chi connectivity index (χ3n) is 5.27. The minimum absolute atomic E-state index is 0.219. The molecule has 0 spiro atoms. The first-order valence-electron chi connectivity index (χ1n) is 10.6. The number of carbonyl (C=O) groups is 2. The average Bonchev–Trinajstić information content (AvgIpc) is 3.09. The minimum Gasteiger partial charge on any atom is -0.444 e. The van der Waals surface area contributed by atoms with E-state index in [0.717, 1.165) is 29.4 Å². The predicted octanol–water partition coefficient (Wildman–Crippen LogP) is 3.82. The van der Waals surface area contributed by atoms with Gasteiger partial charge in [0.05, 0.1) is 5.92 Å². The second kappa shape index (κ2) is 9.08. The van der Waals surface area contributed by atoms with E-state index in [-0.39, 0.29) is 18.0 Å². The lowest BCUT2D eigenvalue weighted by Gasteiger charge is -2.32. The molecule has 1 fully saturated rings. The molecule has 0 radical (unpaired) electrons. The third kappa shape index (κ3) is 5.53. The molecule has 1 aromatic carbocycles. The van der Waals surface area contributed by atoms with Crippen LogP contribution in [0.1, 0.15) is 39.2 Å². The third-order valence-corrected chi connectivity index (χ3v) is 5.27. The van der Waals surface area contributed by atoms with Crippen molar-refractivity contribution in [3.8, 4) is 5.75 Å². The van der Waals surface area contributed by atoms with Gasteiger partial charge in [0.2, 0.25) is 0 Å². The fraction of sp³-hybridized carbons (Fsp3) is 0.565. The molecule has 164 valence electrons. The van der Waals surface area contributed by atoms with Gasteiger partial charge in [0, 0.05) is 36.7 Å². The van der Waals surface area contributed by atoms with Crippen molar-refractivity contribution in [3.63, 3.8) is 0 Å². The maximum atomic E-state index is 12.8. The minimum atomic E-state index is -0.521. The summed E-state index contributed by atoms with van der Waals surface area (Å²) in [6.07, 6.45) is 3.70. The van der Waals surface area contributed by atoms with Crippen LogP contribution in [-0.4, -0.2) is 66.2 Å². The topological polar surface area (TPSA) is 74.9 Å². The summed E-state index contributed by atoms with van der Waals surface area (Å²) in [7, 11) is 4.08. The number of fused-ring (bicyclic) bond motifs is 1. The zero-order valence-corrected chi connectivity index (χ0v) is 18.7. The molecule has 1 saturated heterocycles. The van der Waals surface area contributed by atoms with E-state index >= 15 is 0 Å². The Balaban J connectivity index is 1.63. The smallest absolute Gasteiger partial charge is 0.410 e. The number of likely N-dealkylation sites (N-methyl/N-ethyl adjacent to an activating group) is 1. The Hall–Kier alpha value is -2.54. The number of amides is 1. The molecule has 7 heteroatoms. The van der Waals surface area contributed by atoms with Crippen LogP contribution >= 0.6 is 0 Å². The largest absolute Gasteiger partial charge is 0.444 e. The number of benzene rings is 1. The highest BCUT2D eigenvalue weighted by atomic mass is 16.6. The Kier molecular flexibility index (Phi) is 6.71. The zero-order chi connectivity index (χ0) is 21.9. The van der Waals surface area contributed by atoms with Crippen LogP contribution in [0.15, 0.2) is 24.4 Å². The van der Waals surface area contributed by atoms with Gasteiger partial charge in [-0.05, 0) is 71.8 Å². The number of nitrogens with one attached hydrogen (secondary N) is 1. The van der Waals surface area contributed by atoms with Crippen molar-refractivity contribution in [2.45, 2.75) is 45.6 Å². The molecule has 1 aliphatic heterocycles. The first kappa shape index (κ1) is 22.2. The van der Waals surface area contributed by atoms with Gasteiger partial charge in [-0.25, -0.2) is 4.79 Å². The number of rotatable bonds is 5. The molecular weight excluding hydrogens is 382 g/mol. The quantitative estimate of drug-likeness (QED) is 0.593. The fourth-order valence-electron chi connectivity index (χ4n) is 3.66. The summed E-state index contributed by atoms with van der Waals surface area (Å²) in [5, 5.41) is 0.971. The highest BCUT2D eigenvalue weighted by Crippen LogP contribution is 2.31. The Bertz CT molecular complexity index is 889. The summed E-state index contributed by atoms with van der Waals surface area (Å²) in [6.45, 7) is 7.46. The Morgan fingerprint density at radius 2 is 1.90 bits per heavy atom. The Morgan fingerprint density at radius 1 is 1.20 bits per heavy atom. The molecule has 1 aliphatic rings. The van der Waals surface area contributed by atoms with E-state index in [1.165, 1.54) is 0 Å². The summed E-state index contributed by atoms with van der Waals surface area (Å²) in [4.78, 5) is 32.1. The summed E-state index contributed by atoms with van der Waals surface area (Å²) in [5.41, 5.74) is 1.59. The van der Waals surface area contributed by atoms with E-state index in [1.54, 1.807) is 4.90 Å². The predicted molar refractivity (Wildman–Crippen MR) is 117 cm³/mol. The molecule has 3 rings (SSSR count). The second-order valence-corrected chi connectivity index (χ2v) is 9.21. The van der Waals surface area contributed by atoms with Gasteiger partial charge in [-0.15, -0.1) is 0 Å². The lowest BCUT2D eigenvalue weighted by molar-refractivity contribution is -0.140. The average molecular weight is 416 g/mol. The number of carbonyl (C=O) groups excluding carboxylic acids is 2. The van der Waals surface area contributed by atoms with E-state index in [1.807, 2.05) is 59.3 Å². The van der Waals surface area contributed by atoms with Crippen LogP contribution < -0.4 is 4.74 Å². The lowest BCUT2D eigenvalue weighted by Crippen LogP contribution is -2.43. The van der Waals surface area contributed by atoms with Crippen molar-refractivity contribution >= 4 is 23.0 Å². The van der Waals surface area contributed by atoms with Crippen molar-refractivity contribution in [1.82, 2.24) is 14.8 Å². The van der Waals surface area contributed by atoms with Gasteiger partial charge in [-0.2, -0.15) is 0 Å². The van der Waals surface area contributed by atoms with E-state index in [9.17, 15) is 9.59 Å². The maximum Gasteiger partial charge on any atom is 0.410 e. The van der Waals surface area contributed by atoms with Gasteiger partial charge in [-0.3, -0.25) is 4.79 Å². The van der Waals surface area contributed by atoms with Gasteiger partial charge in [0.1, 0.15) is 11.4 Å². The number of aromatic nitrogens is 1. The number of esters is 1. The van der Waals surface area contributed by atoms with Gasteiger partial charge < -0.3 is 24.3 Å². The molecule has 2 heterocycles. The molecule has 1 N–H and O–H groups in total. The first-order valence-corrected chi connectivity index (χ1v) is 10.6. The van der Waals surface area contributed by atoms with Crippen molar-refractivity contribution in [2.24, 2.45) is 5.92 Å². The molecule has 0 aliphatic carbocycles. The number of ether oxygens (including phenoxy) is 2. The maximum absolute atomic E-state index is 12.8. The number of nitrogens with zero attached hydrogens (tertiary/aromatic N) is 2. The SMILES string of the molecule is CN(C)CCc1c[nH]c2cccc(OC(=O)C3CCN(C(=O)OC(C)(C)C)CC3)c12. The van der Waals surface area contributed by atoms with Crippen LogP contribution in [0.4, 0.5) is 4.79 Å². The molecule has 2 aromatic rings. The second-order valence-electron chi connectivity index (χ2n) is 9.21. The normalized spacial score (nSPS) is 15.6. The monoisotopic (exact) mass is 415 g/mol. The van der Waals surface area contributed by atoms with Crippen molar-refractivity contribution in [3.05, 3.63) is 30.0 Å². The molecule has 7 nitrogen and oxygen atoms in total. The molecule has 0 saturated carbocycles. The Labute approximate surface area is 178 Å². The molecule has 0 unspecified atom stereocenters.